The fraction of sp³-hybridized carbons (Fsp3) is 0.550. The summed E-state index contributed by atoms with van der Waals surface area (Å²) < 4.78 is 5.02. The summed E-state index contributed by atoms with van der Waals surface area (Å²) in [4.78, 5) is 30.1. The maximum atomic E-state index is 12.6. The molecule has 0 bridgehead atoms. The van der Waals surface area contributed by atoms with Gasteiger partial charge in [0, 0.05) is 51.0 Å². The van der Waals surface area contributed by atoms with Crippen molar-refractivity contribution in [2.24, 2.45) is 0 Å². The molecule has 0 atom stereocenters. The average molecular weight is 385 g/mol. The molecule has 2 saturated heterocycles. The molecule has 2 aliphatic heterocycles. The van der Waals surface area contributed by atoms with Crippen molar-refractivity contribution in [1.82, 2.24) is 15.1 Å². The highest BCUT2D eigenvalue weighted by Gasteiger charge is 2.27. The number of rotatable bonds is 3. The molecule has 8 heteroatoms. The van der Waals surface area contributed by atoms with E-state index in [0.717, 1.165) is 31.6 Å². The molecular formula is C20H27N5O3. The second-order valence-corrected chi connectivity index (χ2v) is 7.05. The Morgan fingerprint density at radius 1 is 1.14 bits per heavy atom. The number of carbonyl (C=O) groups is 2. The number of carbonyl (C=O) groups excluding carboxylic acids is 2. The topological polar surface area (TPSA) is 88.9 Å². The first-order valence-corrected chi connectivity index (χ1v) is 9.83. The van der Waals surface area contributed by atoms with Crippen LogP contribution in [0.3, 0.4) is 0 Å². The second-order valence-electron chi connectivity index (χ2n) is 7.05. The summed E-state index contributed by atoms with van der Waals surface area (Å²) in [5, 5.41) is 12.1. The van der Waals surface area contributed by atoms with Crippen LogP contribution in [0, 0.1) is 11.3 Å². The molecule has 0 radical (unpaired) electrons. The number of piperidine rings is 1. The van der Waals surface area contributed by atoms with Crippen LogP contribution in [0.4, 0.5) is 15.3 Å². The zero-order valence-corrected chi connectivity index (χ0v) is 16.3. The fourth-order valence-corrected chi connectivity index (χ4v) is 3.63. The Morgan fingerprint density at radius 3 is 2.50 bits per heavy atom. The van der Waals surface area contributed by atoms with Crippen LogP contribution in [0.5, 0.6) is 0 Å². The zero-order chi connectivity index (χ0) is 19.9. The monoisotopic (exact) mass is 385 g/mol. The van der Waals surface area contributed by atoms with Crippen LogP contribution < -0.4 is 10.2 Å². The first-order valence-electron chi connectivity index (χ1n) is 9.83. The molecule has 8 nitrogen and oxygen atoms in total. The Bertz CT molecular complexity index is 732. The number of hydrogen-bond acceptors (Lipinski definition) is 5. The molecule has 1 aromatic rings. The lowest BCUT2D eigenvalue weighted by molar-refractivity contribution is 0.0950. The van der Waals surface area contributed by atoms with Crippen molar-refractivity contribution >= 4 is 17.8 Å². The van der Waals surface area contributed by atoms with E-state index < -0.39 is 0 Å². The van der Waals surface area contributed by atoms with E-state index in [1.165, 1.54) is 0 Å². The normalized spacial score (nSPS) is 17.8. The molecule has 0 saturated carbocycles. The van der Waals surface area contributed by atoms with E-state index in [1.54, 1.807) is 17.9 Å². The van der Waals surface area contributed by atoms with Crippen LogP contribution in [0.2, 0.25) is 0 Å². The zero-order valence-electron chi connectivity index (χ0n) is 16.3. The largest absolute Gasteiger partial charge is 0.450 e. The smallest absolute Gasteiger partial charge is 0.409 e. The van der Waals surface area contributed by atoms with Crippen molar-refractivity contribution in [3.8, 4) is 6.07 Å². The summed E-state index contributed by atoms with van der Waals surface area (Å²) in [5.41, 5.74) is 1.66. The van der Waals surface area contributed by atoms with Crippen molar-refractivity contribution in [2.75, 3.05) is 50.8 Å². The van der Waals surface area contributed by atoms with Crippen LogP contribution in [0.1, 0.15) is 25.3 Å². The molecule has 150 valence electrons. The van der Waals surface area contributed by atoms with Crippen molar-refractivity contribution in [2.45, 2.75) is 25.8 Å². The van der Waals surface area contributed by atoms with Gasteiger partial charge in [-0.15, -0.1) is 0 Å². The summed E-state index contributed by atoms with van der Waals surface area (Å²) in [5.74, 6) is 0. The van der Waals surface area contributed by atoms with Crippen LogP contribution >= 0.6 is 0 Å². The van der Waals surface area contributed by atoms with E-state index in [4.69, 9.17) is 10.00 Å². The number of likely N-dealkylation sites (tertiary alicyclic amines) is 1. The third-order valence-electron chi connectivity index (χ3n) is 5.26. The Hall–Kier alpha value is -2.95. The second kappa shape index (κ2) is 9.31. The van der Waals surface area contributed by atoms with Gasteiger partial charge in [0.15, 0.2) is 0 Å². The Kier molecular flexibility index (Phi) is 6.58. The summed E-state index contributed by atoms with van der Waals surface area (Å²) in [6, 6.07) is 9.76. The minimum atomic E-state index is -0.274. The molecule has 0 spiro atoms. The van der Waals surface area contributed by atoms with Crippen molar-refractivity contribution in [1.29, 1.82) is 5.26 Å². The van der Waals surface area contributed by atoms with Crippen LogP contribution in [-0.4, -0.2) is 73.8 Å². The van der Waals surface area contributed by atoms with Gasteiger partial charge in [0.1, 0.15) is 0 Å². The van der Waals surface area contributed by atoms with Gasteiger partial charge in [-0.05, 0) is 38.0 Å². The molecule has 2 heterocycles. The first-order chi connectivity index (χ1) is 13.6. The maximum Gasteiger partial charge on any atom is 0.409 e. The highest BCUT2D eigenvalue weighted by atomic mass is 16.6. The van der Waals surface area contributed by atoms with E-state index >= 15 is 0 Å². The Morgan fingerprint density at radius 2 is 1.86 bits per heavy atom. The molecule has 3 rings (SSSR count). The van der Waals surface area contributed by atoms with Crippen LogP contribution in [0.25, 0.3) is 0 Å². The number of benzene rings is 1. The molecule has 0 aromatic heterocycles. The molecule has 0 unspecified atom stereocenters. The summed E-state index contributed by atoms with van der Waals surface area (Å²) in [6.45, 7) is 6.15. The minimum absolute atomic E-state index is 0.0417. The number of nitrogens with zero attached hydrogens (tertiary/aromatic N) is 4. The number of piperazine rings is 1. The van der Waals surface area contributed by atoms with Gasteiger partial charge in [0.25, 0.3) is 0 Å². The van der Waals surface area contributed by atoms with Gasteiger partial charge in [-0.2, -0.15) is 5.26 Å². The fourth-order valence-electron chi connectivity index (χ4n) is 3.63. The van der Waals surface area contributed by atoms with Gasteiger partial charge in [0.05, 0.1) is 18.2 Å². The number of nitriles is 1. The lowest BCUT2D eigenvalue weighted by Crippen LogP contribution is -2.55. The van der Waals surface area contributed by atoms with Gasteiger partial charge < -0.3 is 24.8 Å². The predicted molar refractivity (Wildman–Crippen MR) is 105 cm³/mol. The third-order valence-corrected chi connectivity index (χ3v) is 5.26. The van der Waals surface area contributed by atoms with E-state index in [1.807, 2.05) is 23.1 Å². The van der Waals surface area contributed by atoms with E-state index in [9.17, 15) is 9.59 Å². The van der Waals surface area contributed by atoms with Crippen LogP contribution in [0.15, 0.2) is 24.3 Å². The molecule has 1 N–H and O–H groups in total. The molecule has 28 heavy (non-hydrogen) atoms. The van der Waals surface area contributed by atoms with Gasteiger partial charge >= 0.3 is 12.1 Å². The molecule has 2 aliphatic rings. The standard InChI is InChI=1S/C20H27N5O3/c1-2-28-20(27)25-8-6-17(7-9-25)22-19(26)24-12-10-23(11-13-24)18-5-3-4-16(14-18)15-21/h3-5,14,17H,2,6-13H2,1H3,(H,22,26). The number of amides is 3. The first kappa shape index (κ1) is 19.8. The van der Waals surface area contributed by atoms with Crippen molar-refractivity contribution in [3.05, 3.63) is 29.8 Å². The number of hydrogen-bond donors (Lipinski definition) is 1. The third kappa shape index (κ3) is 4.85. The van der Waals surface area contributed by atoms with E-state index in [0.29, 0.717) is 38.3 Å². The molecule has 3 amide bonds. The van der Waals surface area contributed by atoms with Gasteiger partial charge in [-0.25, -0.2) is 9.59 Å². The molecular weight excluding hydrogens is 358 g/mol. The van der Waals surface area contributed by atoms with Crippen molar-refractivity contribution in [3.63, 3.8) is 0 Å². The number of anilines is 1. The highest BCUT2D eigenvalue weighted by Crippen LogP contribution is 2.18. The van der Waals surface area contributed by atoms with Gasteiger partial charge in [-0.1, -0.05) is 6.07 Å². The summed E-state index contributed by atoms with van der Waals surface area (Å²) in [7, 11) is 0. The summed E-state index contributed by atoms with van der Waals surface area (Å²) in [6.07, 6.45) is 1.21. The van der Waals surface area contributed by atoms with Crippen LogP contribution in [-0.2, 0) is 4.74 Å². The number of nitrogens with one attached hydrogen (secondary N) is 1. The van der Waals surface area contributed by atoms with Gasteiger partial charge in [0.2, 0.25) is 0 Å². The maximum absolute atomic E-state index is 12.6. The SMILES string of the molecule is CCOC(=O)N1CCC(NC(=O)N2CCN(c3cccc(C#N)c3)CC2)CC1. The highest BCUT2D eigenvalue weighted by molar-refractivity contribution is 5.75. The minimum Gasteiger partial charge on any atom is -0.450 e. The number of ether oxygens (including phenoxy) is 1. The number of urea groups is 1. The lowest BCUT2D eigenvalue weighted by atomic mass is 10.1. The van der Waals surface area contributed by atoms with E-state index in [-0.39, 0.29) is 18.2 Å². The Labute approximate surface area is 165 Å². The quantitative estimate of drug-likeness (QED) is 0.860. The Balaban J connectivity index is 1.43. The average Bonchev–Trinajstić information content (AvgIpc) is 2.74. The predicted octanol–water partition coefficient (Wildman–Crippen LogP) is 2.01. The van der Waals surface area contributed by atoms with Gasteiger partial charge in [-0.3, -0.25) is 0 Å². The molecule has 2 fully saturated rings. The van der Waals surface area contributed by atoms with E-state index in [2.05, 4.69) is 16.3 Å². The molecule has 0 aliphatic carbocycles. The lowest BCUT2D eigenvalue weighted by Gasteiger charge is -2.38. The summed E-state index contributed by atoms with van der Waals surface area (Å²) >= 11 is 0. The van der Waals surface area contributed by atoms with Crippen molar-refractivity contribution < 1.29 is 14.3 Å². The molecule has 1 aromatic carbocycles.